The van der Waals surface area contributed by atoms with Gasteiger partial charge in [-0.05, 0) is 32.4 Å². The third-order valence-electron chi connectivity index (χ3n) is 3.68. The van der Waals surface area contributed by atoms with Gasteiger partial charge in [0.25, 0.3) is 5.91 Å². The zero-order chi connectivity index (χ0) is 14.7. The van der Waals surface area contributed by atoms with Crippen LogP contribution in [0, 0.1) is 11.7 Å². The second-order valence-corrected chi connectivity index (χ2v) is 5.09. The number of aliphatic hydroxyl groups excluding tert-OH is 1. The van der Waals surface area contributed by atoms with Crippen LogP contribution in [-0.2, 0) is 0 Å². The highest BCUT2D eigenvalue weighted by Gasteiger charge is 2.31. The summed E-state index contributed by atoms with van der Waals surface area (Å²) < 4.78 is 19.0. The molecule has 20 heavy (non-hydrogen) atoms. The lowest BCUT2D eigenvalue weighted by atomic mass is 10.0. The number of nitrogens with zero attached hydrogens (tertiary/aromatic N) is 1. The molecule has 110 valence electrons. The molecule has 0 bridgehead atoms. The largest absolute Gasteiger partial charge is 0.490 e. The lowest BCUT2D eigenvalue weighted by Gasteiger charge is -2.19. The fourth-order valence-electron chi connectivity index (χ4n) is 2.50. The molecule has 1 N–H and O–H groups in total. The Labute approximate surface area is 118 Å². The van der Waals surface area contributed by atoms with Crippen LogP contribution in [0.2, 0.25) is 0 Å². The van der Waals surface area contributed by atoms with Crippen molar-refractivity contribution in [2.24, 2.45) is 5.92 Å². The van der Waals surface area contributed by atoms with Crippen LogP contribution in [0.25, 0.3) is 0 Å². The summed E-state index contributed by atoms with van der Waals surface area (Å²) in [5, 5.41) is 9.58. The van der Waals surface area contributed by atoms with Gasteiger partial charge >= 0.3 is 0 Å². The van der Waals surface area contributed by atoms with Crippen LogP contribution < -0.4 is 4.74 Å². The Hall–Kier alpha value is -1.62. The van der Waals surface area contributed by atoms with Gasteiger partial charge in [-0.15, -0.1) is 0 Å². The lowest BCUT2D eigenvalue weighted by molar-refractivity contribution is 0.0757. The molecule has 4 nitrogen and oxygen atoms in total. The summed E-state index contributed by atoms with van der Waals surface area (Å²) in [6.45, 7) is 4.86. The molecule has 2 atom stereocenters. The van der Waals surface area contributed by atoms with Gasteiger partial charge in [-0.2, -0.15) is 0 Å². The average Bonchev–Trinajstić information content (AvgIpc) is 2.90. The molecule has 1 aliphatic heterocycles. The maximum atomic E-state index is 13.8. The Balaban J connectivity index is 2.20. The molecule has 0 aliphatic carbocycles. The van der Waals surface area contributed by atoms with Gasteiger partial charge in [-0.1, -0.05) is 6.07 Å². The van der Waals surface area contributed by atoms with E-state index in [0.717, 1.165) is 6.42 Å². The highest BCUT2D eigenvalue weighted by Crippen LogP contribution is 2.27. The summed E-state index contributed by atoms with van der Waals surface area (Å²) in [6.07, 6.45) is 0.328. The number of likely N-dealkylation sites (tertiary alicyclic amines) is 1. The van der Waals surface area contributed by atoms with Gasteiger partial charge in [0.15, 0.2) is 11.6 Å². The second-order valence-electron chi connectivity index (χ2n) is 5.09. The fourth-order valence-corrected chi connectivity index (χ4v) is 2.50. The number of benzene rings is 1. The van der Waals surface area contributed by atoms with E-state index in [1.807, 2.05) is 0 Å². The summed E-state index contributed by atoms with van der Waals surface area (Å²) in [7, 11) is 0. The van der Waals surface area contributed by atoms with Crippen LogP contribution in [0.15, 0.2) is 18.2 Å². The van der Waals surface area contributed by atoms with E-state index in [9.17, 15) is 14.3 Å². The molecule has 5 heteroatoms. The van der Waals surface area contributed by atoms with Gasteiger partial charge < -0.3 is 14.7 Å². The SMILES string of the molecule is CCOc1c(F)cccc1C(=O)N1CCC(C(C)O)C1. The van der Waals surface area contributed by atoms with E-state index in [4.69, 9.17) is 4.74 Å². The topological polar surface area (TPSA) is 49.8 Å². The molecule has 1 aliphatic rings. The van der Waals surface area contributed by atoms with Crippen molar-refractivity contribution in [1.82, 2.24) is 4.90 Å². The monoisotopic (exact) mass is 281 g/mol. The number of para-hydroxylation sites is 1. The minimum Gasteiger partial charge on any atom is -0.490 e. The summed E-state index contributed by atoms with van der Waals surface area (Å²) in [4.78, 5) is 14.1. The Morgan fingerprint density at radius 3 is 2.95 bits per heavy atom. The van der Waals surface area contributed by atoms with E-state index in [0.29, 0.717) is 19.7 Å². The number of carbonyl (C=O) groups excluding carboxylic acids is 1. The van der Waals surface area contributed by atoms with E-state index >= 15 is 0 Å². The molecule has 1 amide bonds. The Morgan fingerprint density at radius 1 is 1.60 bits per heavy atom. The first-order valence-corrected chi connectivity index (χ1v) is 6.93. The van der Waals surface area contributed by atoms with Crippen LogP contribution in [0.3, 0.4) is 0 Å². The van der Waals surface area contributed by atoms with E-state index in [1.165, 1.54) is 12.1 Å². The van der Waals surface area contributed by atoms with Crippen molar-refractivity contribution in [2.45, 2.75) is 26.4 Å². The van der Waals surface area contributed by atoms with E-state index < -0.39 is 11.9 Å². The number of rotatable bonds is 4. The number of hydrogen-bond acceptors (Lipinski definition) is 3. The molecule has 1 fully saturated rings. The van der Waals surface area contributed by atoms with Gasteiger partial charge in [0, 0.05) is 19.0 Å². The number of ether oxygens (including phenoxy) is 1. The molecular formula is C15H20FNO3. The molecule has 2 unspecified atom stereocenters. The number of aliphatic hydroxyl groups is 1. The van der Waals surface area contributed by atoms with Gasteiger partial charge in [0.1, 0.15) is 0 Å². The van der Waals surface area contributed by atoms with Gasteiger partial charge in [0.2, 0.25) is 0 Å². The quantitative estimate of drug-likeness (QED) is 0.919. The highest BCUT2D eigenvalue weighted by molar-refractivity contribution is 5.97. The van der Waals surface area contributed by atoms with E-state index in [2.05, 4.69) is 0 Å². The Bertz CT molecular complexity index is 490. The van der Waals surface area contributed by atoms with Gasteiger partial charge in [-0.25, -0.2) is 4.39 Å². The zero-order valence-electron chi connectivity index (χ0n) is 11.8. The minimum atomic E-state index is -0.524. The maximum absolute atomic E-state index is 13.8. The van der Waals surface area contributed by atoms with Crippen molar-refractivity contribution < 1.29 is 19.0 Å². The third-order valence-corrected chi connectivity index (χ3v) is 3.68. The molecule has 2 rings (SSSR count). The molecule has 0 aromatic heterocycles. The Morgan fingerprint density at radius 2 is 2.35 bits per heavy atom. The van der Waals surface area contributed by atoms with Crippen LogP contribution in [0.4, 0.5) is 4.39 Å². The van der Waals surface area contributed by atoms with Crippen LogP contribution >= 0.6 is 0 Å². The second kappa shape index (κ2) is 6.22. The zero-order valence-corrected chi connectivity index (χ0v) is 11.8. The van der Waals surface area contributed by atoms with E-state index in [1.54, 1.807) is 24.8 Å². The fraction of sp³-hybridized carbons (Fsp3) is 0.533. The van der Waals surface area contributed by atoms with Crippen LogP contribution in [0.1, 0.15) is 30.6 Å². The van der Waals surface area contributed by atoms with Gasteiger partial charge in [-0.3, -0.25) is 4.79 Å². The van der Waals surface area contributed by atoms with Crippen LogP contribution in [-0.4, -0.2) is 41.7 Å². The third kappa shape index (κ3) is 2.93. The van der Waals surface area contributed by atoms with Crippen molar-refractivity contribution in [1.29, 1.82) is 0 Å². The van der Waals surface area contributed by atoms with Crippen molar-refractivity contribution in [3.8, 4) is 5.75 Å². The molecule has 1 aromatic carbocycles. The molecule has 0 radical (unpaired) electrons. The first kappa shape index (κ1) is 14.8. The minimum absolute atomic E-state index is 0.0143. The number of amides is 1. The predicted molar refractivity (Wildman–Crippen MR) is 73.3 cm³/mol. The van der Waals surface area contributed by atoms with E-state index in [-0.39, 0.29) is 23.1 Å². The molecule has 1 aromatic rings. The molecule has 1 saturated heterocycles. The first-order chi connectivity index (χ1) is 9.54. The Kier molecular flexibility index (Phi) is 4.60. The molecule has 1 heterocycles. The van der Waals surface area contributed by atoms with Crippen molar-refractivity contribution >= 4 is 5.91 Å². The molecule has 0 saturated carbocycles. The standard InChI is InChI=1S/C15H20FNO3/c1-3-20-14-12(5-4-6-13(14)16)15(19)17-8-7-11(9-17)10(2)18/h4-6,10-11,18H,3,7-9H2,1-2H3. The van der Waals surface area contributed by atoms with Crippen LogP contribution in [0.5, 0.6) is 5.75 Å². The maximum Gasteiger partial charge on any atom is 0.257 e. The number of hydrogen-bond donors (Lipinski definition) is 1. The predicted octanol–water partition coefficient (Wildman–Crippen LogP) is 2.07. The van der Waals surface area contributed by atoms with Crippen molar-refractivity contribution in [2.75, 3.05) is 19.7 Å². The lowest BCUT2D eigenvalue weighted by Crippen LogP contribution is -2.30. The smallest absolute Gasteiger partial charge is 0.257 e. The molecular weight excluding hydrogens is 261 g/mol. The summed E-state index contributed by atoms with van der Waals surface area (Å²) in [6, 6.07) is 4.36. The average molecular weight is 281 g/mol. The summed E-state index contributed by atoms with van der Waals surface area (Å²) in [5.41, 5.74) is 0.248. The normalized spacial score (nSPS) is 20.0. The van der Waals surface area contributed by atoms with Crippen molar-refractivity contribution in [3.05, 3.63) is 29.6 Å². The number of carbonyl (C=O) groups is 1. The summed E-state index contributed by atoms with van der Waals surface area (Å²) in [5.74, 6) is -0.663. The van der Waals surface area contributed by atoms with Gasteiger partial charge in [0.05, 0.1) is 18.3 Å². The number of halogens is 1. The van der Waals surface area contributed by atoms with Crippen molar-refractivity contribution in [3.63, 3.8) is 0 Å². The summed E-state index contributed by atoms with van der Waals surface area (Å²) >= 11 is 0. The highest BCUT2D eigenvalue weighted by atomic mass is 19.1. The first-order valence-electron chi connectivity index (χ1n) is 6.93. The molecule has 0 spiro atoms.